The van der Waals surface area contributed by atoms with Crippen molar-refractivity contribution < 1.29 is 18.9 Å². The lowest BCUT2D eigenvalue weighted by molar-refractivity contribution is -0.239. The minimum atomic E-state index is -0.450. The van der Waals surface area contributed by atoms with Crippen molar-refractivity contribution in [3.63, 3.8) is 0 Å². The van der Waals surface area contributed by atoms with Gasteiger partial charge in [-0.15, -0.1) is 0 Å². The van der Waals surface area contributed by atoms with Crippen LogP contribution in [0.4, 0.5) is 0 Å². The number of benzene rings is 1. The van der Waals surface area contributed by atoms with E-state index in [1.165, 1.54) is 16.5 Å². The van der Waals surface area contributed by atoms with Crippen LogP contribution in [0, 0.1) is 17.8 Å². The van der Waals surface area contributed by atoms with Gasteiger partial charge in [0.05, 0.1) is 19.3 Å². The maximum atomic E-state index is 6.19. The number of methoxy groups -OCH3 is 1. The number of para-hydroxylation sites is 1. The molecule has 0 radical (unpaired) electrons. The molecule has 1 aromatic heterocycles. The van der Waals surface area contributed by atoms with Crippen molar-refractivity contribution in [2.75, 3.05) is 40.2 Å². The number of nitrogens with one attached hydrogen (secondary N) is 2. The average molecular weight is 401 g/mol. The summed E-state index contributed by atoms with van der Waals surface area (Å²) in [6, 6.07) is 8.51. The van der Waals surface area contributed by atoms with Gasteiger partial charge >= 0.3 is 0 Å². The minimum absolute atomic E-state index is 0.175. The molecule has 1 aromatic carbocycles. The van der Waals surface area contributed by atoms with Crippen molar-refractivity contribution in [3.05, 3.63) is 36.0 Å². The van der Waals surface area contributed by atoms with Gasteiger partial charge in [0.1, 0.15) is 6.79 Å². The smallest absolute Gasteiger partial charge is 0.174 e. The summed E-state index contributed by atoms with van der Waals surface area (Å²) in [4.78, 5) is 3.37. The predicted molar refractivity (Wildman–Crippen MR) is 111 cm³/mol. The van der Waals surface area contributed by atoms with E-state index in [1.807, 2.05) is 0 Å². The largest absolute Gasteiger partial charge is 0.361 e. The third-order valence-electron chi connectivity index (χ3n) is 7.15. The summed E-state index contributed by atoms with van der Waals surface area (Å²) in [5.74, 6) is 1.10. The molecule has 0 unspecified atom stereocenters. The minimum Gasteiger partial charge on any atom is -0.361 e. The number of aromatic amines is 1. The van der Waals surface area contributed by atoms with Crippen molar-refractivity contribution in [2.24, 2.45) is 17.8 Å². The fourth-order valence-electron chi connectivity index (χ4n) is 5.80. The molecule has 4 atom stereocenters. The first kappa shape index (κ1) is 19.5. The molecule has 2 aromatic rings. The third kappa shape index (κ3) is 3.73. The number of H-pyrrole nitrogens is 1. The van der Waals surface area contributed by atoms with Crippen LogP contribution >= 0.6 is 0 Å². The van der Waals surface area contributed by atoms with Gasteiger partial charge in [-0.2, -0.15) is 0 Å². The summed E-state index contributed by atoms with van der Waals surface area (Å²) < 4.78 is 23.5. The molecule has 2 saturated carbocycles. The van der Waals surface area contributed by atoms with E-state index in [0.717, 1.165) is 38.8 Å². The lowest BCUT2D eigenvalue weighted by Crippen LogP contribution is -2.49. The first-order valence-electron chi connectivity index (χ1n) is 10.9. The molecule has 1 spiro atoms. The first-order chi connectivity index (χ1) is 14.3. The topological polar surface area (TPSA) is 64.7 Å². The van der Waals surface area contributed by atoms with Gasteiger partial charge in [0.15, 0.2) is 5.79 Å². The lowest BCUT2D eigenvalue weighted by Gasteiger charge is -2.42. The highest BCUT2D eigenvalue weighted by atomic mass is 16.7. The Kier molecular flexibility index (Phi) is 5.63. The Morgan fingerprint density at radius 2 is 2.07 bits per heavy atom. The molecule has 2 heterocycles. The van der Waals surface area contributed by atoms with Crippen LogP contribution in [-0.4, -0.2) is 57.1 Å². The van der Waals surface area contributed by atoms with Crippen molar-refractivity contribution in [2.45, 2.75) is 37.6 Å². The molecule has 1 aliphatic heterocycles. The second-order valence-corrected chi connectivity index (χ2v) is 8.74. The van der Waals surface area contributed by atoms with Crippen LogP contribution in [0.15, 0.2) is 30.5 Å². The van der Waals surface area contributed by atoms with Gasteiger partial charge < -0.3 is 29.2 Å². The quantitative estimate of drug-likeness (QED) is 0.527. The highest BCUT2D eigenvalue weighted by Crippen LogP contribution is 2.54. The van der Waals surface area contributed by atoms with E-state index in [0.29, 0.717) is 37.8 Å². The predicted octanol–water partition coefficient (Wildman–Crippen LogP) is 3.08. The number of aromatic nitrogens is 1. The molecular formula is C23H32N2O4. The zero-order chi connectivity index (χ0) is 19.7. The Labute approximate surface area is 172 Å². The molecule has 2 N–H and O–H groups in total. The van der Waals surface area contributed by atoms with Gasteiger partial charge in [-0.25, -0.2) is 0 Å². The van der Waals surface area contributed by atoms with Crippen LogP contribution in [0.3, 0.4) is 0 Å². The van der Waals surface area contributed by atoms with E-state index in [-0.39, 0.29) is 6.10 Å². The number of fused-ring (bicyclic) bond motifs is 4. The monoisotopic (exact) mass is 400 g/mol. The number of hydrogen-bond donors (Lipinski definition) is 2. The molecule has 2 aliphatic carbocycles. The van der Waals surface area contributed by atoms with Crippen LogP contribution in [0.1, 0.15) is 24.8 Å². The number of ether oxygens (including phenoxy) is 4. The van der Waals surface area contributed by atoms with Gasteiger partial charge in [0.2, 0.25) is 0 Å². The Morgan fingerprint density at radius 1 is 1.21 bits per heavy atom. The Bertz CT molecular complexity index is 816. The first-order valence-corrected chi connectivity index (χ1v) is 10.9. The fraction of sp³-hybridized carbons (Fsp3) is 0.652. The van der Waals surface area contributed by atoms with Gasteiger partial charge in [-0.05, 0) is 55.8 Å². The summed E-state index contributed by atoms with van der Waals surface area (Å²) in [6.45, 7) is 3.72. The van der Waals surface area contributed by atoms with Gasteiger partial charge in [0.25, 0.3) is 0 Å². The average Bonchev–Trinajstić information content (AvgIpc) is 3.46. The summed E-state index contributed by atoms with van der Waals surface area (Å²) >= 11 is 0. The van der Waals surface area contributed by atoms with Crippen LogP contribution in [0.2, 0.25) is 0 Å². The summed E-state index contributed by atoms with van der Waals surface area (Å²) in [6.07, 6.45) is 6.52. The molecule has 3 aliphatic rings. The molecule has 158 valence electrons. The van der Waals surface area contributed by atoms with Crippen molar-refractivity contribution in [1.82, 2.24) is 10.3 Å². The zero-order valence-corrected chi connectivity index (χ0v) is 17.2. The fourth-order valence-corrected chi connectivity index (χ4v) is 5.80. The van der Waals surface area contributed by atoms with E-state index >= 15 is 0 Å². The van der Waals surface area contributed by atoms with Gasteiger partial charge in [0, 0.05) is 36.5 Å². The molecule has 29 heavy (non-hydrogen) atoms. The number of hydrogen-bond acceptors (Lipinski definition) is 5. The molecule has 6 heteroatoms. The van der Waals surface area contributed by atoms with E-state index in [1.54, 1.807) is 7.11 Å². The lowest BCUT2D eigenvalue weighted by atomic mass is 9.75. The van der Waals surface area contributed by atoms with Crippen LogP contribution in [-0.2, 0) is 25.4 Å². The molecule has 0 amide bonds. The molecule has 1 saturated heterocycles. The maximum Gasteiger partial charge on any atom is 0.174 e. The molecule has 2 bridgehead atoms. The molecule has 5 rings (SSSR count). The van der Waals surface area contributed by atoms with Crippen LogP contribution in [0.5, 0.6) is 0 Å². The van der Waals surface area contributed by atoms with Crippen molar-refractivity contribution in [3.8, 4) is 0 Å². The second-order valence-electron chi connectivity index (χ2n) is 8.74. The zero-order valence-electron chi connectivity index (χ0n) is 17.2. The molecular weight excluding hydrogens is 368 g/mol. The van der Waals surface area contributed by atoms with E-state index in [9.17, 15) is 0 Å². The highest BCUT2D eigenvalue weighted by Gasteiger charge is 2.58. The molecule has 3 fully saturated rings. The van der Waals surface area contributed by atoms with E-state index in [2.05, 4.69) is 40.8 Å². The van der Waals surface area contributed by atoms with Gasteiger partial charge in [-0.3, -0.25) is 0 Å². The van der Waals surface area contributed by atoms with Crippen LogP contribution in [0.25, 0.3) is 10.9 Å². The maximum absolute atomic E-state index is 6.19. The Hall–Kier alpha value is -1.44. The normalized spacial score (nSPS) is 30.5. The highest BCUT2D eigenvalue weighted by molar-refractivity contribution is 5.83. The Morgan fingerprint density at radius 3 is 2.93 bits per heavy atom. The standard InChI is InChI=1S/C23H32N2O4/c1-26-15-27-22-11-17-10-20(22)23(28-8-9-29-23)12-18(17)13-24-7-6-16-14-25-21-5-3-2-4-19(16)21/h2-5,14,17-18,20,22,24-25H,6-13,15H2,1H3/t17-,18-,20+,22-/m0/s1. The van der Waals surface area contributed by atoms with Crippen molar-refractivity contribution in [1.29, 1.82) is 0 Å². The SMILES string of the molecule is COCO[C@H]1C[C@@H]2C[C@H]1C1(C[C@H]2CNCCc2c[nH]c3ccccc23)OCCO1. The Balaban J connectivity index is 1.19. The van der Waals surface area contributed by atoms with Crippen molar-refractivity contribution >= 4 is 10.9 Å². The second kappa shape index (κ2) is 8.36. The molecule has 6 nitrogen and oxygen atoms in total. The van der Waals surface area contributed by atoms with Gasteiger partial charge in [-0.1, -0.05) is 18.2 Å². The summed E-state index contributed by atoms with van der Waals surface area (Å²) in [5.41, 5.74) is 2.59. The third-order valence-corrected chi connectivity index (χ3v) is 7.15. The number of rotatable bonds is 8. The summed E-state index contributed by atoms with van der Waals surface area (Å²) in [7, 11) is 1.68. The van der Waals surface area contributed by atoms with E-state index in [4.69, 9.17) is 18.9 Å². The van der Waals surface area contributed by atoms with Crippen LogP contribution < -0.4 is 5.32 Å². The summed E-state index contributed by atoms with van der Waals surface area (Å²) in [5, 5.41) is 5.04. The van der Waals surface area contributed by atoms with E-state index < -0.39 is 5.79 Å².